The van der Waals surface area contributed by atoms with E-state index < -0.39 is 5.97 Å². The van der Waals surface area contributed by atoms with Crippen LogP contribution in [0.1, 0.15) is 77.6 Å². The summed E-state index contributed by atoms with van der Waals surface area (Å²) in [6.07, 6.45) is 14.8. The van der Waals surface area contributed by atoms with E-state index in [-0.39, 0.29) is 5.41 Å². The molecule has 1 N–H and O–H groups in total. The highest BCUT2D eigenvalue weighted by atomic mass is 16.5. The van der Waals surface area contributed by atoms with E-state index in [0.717, 1.165) is 43.8 Å². The lowest BCUT2D eigenvalue weighted by molar-refractivity contribution is -0.134. The third-order valence-electron chi connectivity index (χ3n) is 7.67. The molecule has 4 bridgehead atoms. The summed E-state index contributed by atoms with van der Waals surface area (Å²) in [6.45, 7) is 4.72. The Hall–Kier alpha value is -1.03. The van der Waals surface area contributed by atoms with Gasteiger partial charge in [-0.15, -0.1) is 0 Å². The fraction of sp³-hybridized carbons (Fsp3) is 0.870. The van der Waals surface area contributed by atoms with E-state index in [1.807, 2.05) is 0 Å². The molecule has 0 radical (unpaired) electrons. The molecule has 4 aliphatic carbocycles. The first-order valence-corrected chi connectivity index (χ1v) is 11.1. The Morgan fingerprint density at radius 3 is 2.22 bits per heavy atom. The molecule has 5 rings (SSSR count). The highest BCUT2D eigenvalue weighted by Gasteiger charge is 2.51. The molecule has 4 nitrogen and oxygen atoms in total. The van der Waals surface area contributed by atoms with Crippen molar-refractivity contribution in [2.75, 3.05) is 19.8 Å². The van der Waals surface area contributed by atoms with Gasteiger partial charge in [0, 0.05) is 5.41 Å². The molecule has 1 aliphatic heterocycles. The molecule has 0 aromatic carbocycles. The molecular weight excluding hydrogens is 340 g/mol. The van der Waals surface area contributed by atoms with Crippen LogP contribution in [0.3, 0.4) is 0 Å². The first kappa shape index (κ1) is 19.3. The van der Waals surface area contributed by atoms with Gasteiger partial charge in [-0.2, -0.15) is 0 Å². The SMILES string of the molecule is CC1(CCCCCOC=C(CC23CC4CC(CC(C4)C2)C3)C(=O)O)COC1. The molecule has 5 fully saturated rings. The van der Waals surface area contributed by atoms with Crippen molar-refractivity contribution in [3.05, 3.63) is 11.8 Å². The van der Waals surface area contributed by atoms with Crippen molar-refractivity contribution >= 4 is 5.97 Å². The molecule has 1 heterocycles. The molecule has 0 spiro atoms. The maximum atomic E-state index is 11.8. The smallest absolute Gasteiger partial charge is 0.334 e. The highest BCUT2D eigenvalue weighted by Crippen LogP contribution is 2.62. The second-order valence-electron chi connectivity index (χ2n) is 10.5. The van der Waals surface area contributed by atoms with Crippen LogP contribution in [0.2, 0.25) is 0 Å². The predicted octanol–water partition coefficient (Wildman–Crippen LogP) is 5.17. The summed E-state index contributed by atoms with van der Waals surface area (Å²) in [6, 6.07) is 0. The monoisotopic (exact) mass is 376 g/mol. The first-order valence-electron chi connectivity index (χ1n) is 11.1. The van der Waals surface area contributed by atoms with Gasteiger partial charge < -0.3 is 14.6 Å². The average Bonchev–Trinajstić information content (AvgIpc) is 2.56. The minimum absolute atomic E-state index is 0.253. The number of aliphatic carboxylic acids is 1. The number of carboxylic acids is 1. The van der Waals surface area contributed by atoms with E-state index in [4.69, 9.17) is 9.47 Å². The van der Waals surface area contributed by atoms with Gasteiger partial charge in [0.15, 0.2) is 0 Å². The maximum Gasteiger partial charge on any atom is 0.334 e. The van der Waals surface area contributed by atoms with E-state index in [9.17, 15) is 9.90 Å². The van der Waals surface area contributed by atoms with Crippen molar-refractivity contribution < 1.29 is 19.4 Å². The summed E-state index contributed by atoms with van der Waals surface area (Å²) in [4.78, 5) is 11.8. The molecule has 0 atom stereocenters. The lowest BCUT2D eigenvalue weighted by Gasteiger charge is -2.57. The van der Waals surface area contributed by atoms with Crippen LogP contribution in [-0.2, 0) is 14.3 Å². The Labute approximate surface area is 163 Å². The quantitative estimate of drug-likeness (QED) is 0.324. The summed E-state index contributed by atoms with van der Waals surface area (Å²) < 4.78 is 11.0. The summed E-state index contributed by atoms with van der Waals surface area (Å²) in [7, 11) is 0. The second-order valence-corrected chi connectivity index (χ2v) is 10.5. The van der Waals surface area contributed by atoms with E-state index in [1.165, 1.54) is 51.4 Å². The summed E-state index contributed by atoms with van der Waals surface area (Å²) >= 11 is 0. The minimum atomic E-state index is -0.788. The molecule has 5 aliphatic rings. The normalized spacial score (nSPS) is 36.5. The number of ether oxygens (including phenoxy) is 2. The van der Waals surface area contributed by atoms with Crippen LogP contribution in [0.15, 0.2) is 11.8 Å². The Balaban J connectivity index is 1.21. The van der Waals surface area contributed by atoms with Crippen LogP contribution in [0.4, 0.5) is 0 Å². The van der Waals surface area contributed by atoms with Crippen LogP contribution in [0.5, 0.6) is 0 Å². The standard InChI is InChI=1S/C23H36O4/c1-22(15-27-16-22)5-3-2-4-6-26-14-20(21(24)25)13-23-10-17-7-18(11-23)9-19(8-17)12-23/h14,17-19H,2-13,15-16H2,1H3,(H,24,25). The van der Waals surface area contributed by atoms with Crippen LogP contribution < -0.4 is 0 Å². The topological polar surface area (TPSA) is 55.8 Å². The molecular formula is C23H36O4. The van der Waals surface area contributed by atoms with Gasteiger partial charge in [0.25, 0.3) is 0 Å². The van der Waals surface area contributed by atoms with Gasteiger partial charge in [0.2, 0.25) is 0 Å². The third kappa shape index (κ3) is 4.52. The summed E-state index contributed by atoms with van der Waals surface area (Å²) in [5.74, 6) is 1.78. The van der Waals surface area contributed by atoms with E-state index >= 15 is 0 Å². The lowest BCUT2D eigenvalue weighted by atomic mass is 9.48. The molecule has 0 unspecified atom stereocenters. The van der Waals surface area contributed by atoms with Crippen LogP contribution in [-0.4, -0.2) is 30.9 Å². The Bertz CT molecular complexity index is 540. The molecule has 0 aromatic heterocycles. The zero-order valence-corrected chi connectivity index (χ0v) is 16.9. The van der Waals surface area contributed by atoms with Gasteiger partial charge in [0.1, 0.15) is 0 Å². The van der Waals surface area contributed by atoms with E-state index in [1.54, 1.807) is 6.26 Å². The van der Waals surface area contributed by atoms with Crippen LogP contribution >= 0.6 is 0 Å². The molecule has 4 heteroatoms. The fourth-order valence-electron chi connectivity index (χ4n) is 6.75. The molecule has 152 valence electrons. The van der Waals surface area contributed by atoms with Gasteiger partial charge >= 0.3 is 5.97 Å². The van der Waals surface area contributed by atoms with Gasteiger partial charge in [-0.25, -0.2) is 4.79 Å². The average molecular weight is 377 g/mol. The molecule has 1 saturated heterocycles. The van der Waals surface area contributed by atoms with Crippen molar-refractivity contribution in [2.45, 2.75) is 77.6 Å². The van der Waals surface area contributed by atoms with Gasteiger partial charge in [-0.05, 0) is 81.0 Å². The maximum absolute atomic E-state index is 11.8. The fourth-order valence-corrected chi connectivity index (χ4v) is 6.75. The van der Waals surface area contributed by atoms with E-state index in [2.05, 4.69) is 6.92 Å². The summed E-state index contributed by atoms with van der Waals surface area (Å²) in [5, 5.41) is 9.68. The second kappa shape index (κ2) is 7.77. The molecule has 0 aromatic rings. The first-order chi connectivity index (χ1) is 13.0. The lowest BCUT2D eigenvalue weighted by Crippen LogP contribution is -2.46. The number of hydrogen-bond acceptors (Lipinski definition) is 3. The Morgan fingerprint density at radius 2 is 1.70 bits per heavy atom. The van der Waals surface area contributed by atoms with Crippen molar-refractivity contribution in [3.8, 4) is 0 Å². The number of unbranched alkanes of at least 4 members (excludes halogenated alkanes) is 2. The van der Waals surface area contributed by atoms with E-state index in [0.29, 0.717) is 24.0 Å². The van der Waals surface area contributed by atoms with Gasteiger partial charge in [-0.1, -0.05) is 19.8 Å². The zero-order valence-electron chi connectivity index (χ0n) is 16.9. The predicted molar refractivity (Wildman–Crippen MR) is 104 cm³/mol. The number of rotatable bonds is 10. The van der Waals surface area contributed by atoms with Gasteiger partial charge in [-0.3, -0.25) is 0 Å². The van der Waals surface area contributed by atoms with Gasteiger partial charge in [0.05, 0.1) is 31.7 Å². The Kier molecular flexibility index (Phi) is 5.55. The minimum Gasteiger partial charge on any atom is -0.501 e. The number of carbonyl (C=O) groups is 1. The zero-order chi connectivity index (χ0) is 18.9. The van der Waals surface area contributed by atoms with Crippen molar-refractivity contribution in [1.82, 2.24) is 0 Å². The van der Waals surface area contributed by atoms with Crippen molar-refractivity contribution in [2.24, 2.45) is 28.6 Å². The summed E-state index contributed by atoms with van der Waals surface area (Å²) in [5.41, 5.74) is 1.15. The molecule has 27 heavy (non-hydrogen) atoms. The largest absolute Gasteiger partial charge is 0.501 e. The van der Waals surface area contributed by atoms with Crippen molar-refractivity contribution in [3.63, 3.8) is 0 Å². The number of hydrogen-bond donors (Lipinski definition) is 1. The highest BCUT2D eigenvalue weighted by molar-refractivity contribution is 5.86. The van der Waals surface area contributed by atoms with Crippen molar-refractivity contribution in [1.29, 1.82) is 0 Å². The third-order valence-corrected chi connectivity index (χ3v) is 7.67. The Morgan fingerprint density at radius 1 is 1.07 bits per heavy atom. The van der Waals surface area contributed by atoms with Crippen LogP contribution in [0.25, 0.3) is 0 Å². The molecule has 0 amide bonds. The molecule has 4 saturated carbocycles. The van der Waals surface area contributed by atoms with Crippen LogP contribution in [0, 0.1) is 28.6 Å². The number of carboxylic acid groups (broad SMARTS) is 1.